The Labute approximate surface area is 88.5 Å². The third-order valence-electron chi connectivity index (χ3n) is 2.48. The molecule has 0 amide bonds. The van der Waals surface area contributed by atoms with Crippen LogP contribution in [0, 0.1) is 6.92 Å². The lowest BCUT2D eigenvalue weighted by atomic mass is 10.3. The minimum absolute atomic E-state index is 0.0520. The largest absolute Gasteiger partial charge is 0.332 e. The molecule has 7 heteroatoms. The summed E-state index contributed by atoms with van der Waals surface area (Å²) in [6.07, 6.45) is 2.06. The fraction of sp³-hybridized carbons (Fsp3) is 0.625. The van der Waals surface area contributed by atoms with Crippen molar-refractivity contribution in [3.8, 4) is 0 Å². The lowest BCUT2D eigenvalue weighted by Crippen LogP contribution is -2.32. The van der Waals surface area contributed by atoms with E-state index in [9.17, 15) is 8.42 Å². The summed E-state index contributed by atoms with van der Waals surface area (Å²) in [5, 5.41) is 0.147. The second-order valence-electron chi connectivity index (χ2n) is 3.74. The third kappa shape index (κ3) is 1.90. The van der Waals surface area contributed by atoms with Gasteiger partial charge in [0.05, 0.1) is 6.20 Å². The monoisotopic (exact) mass is 230 g/mol. The van der Waals surface area contributed by atoms with Crippen LogP contribution >= 0.6 is 0 Å². The smallest absolute Gasteiger partial charge is 0.260 e. The molecular weight excluding hydrogens is 216 g/mol. The first-order valence-electron chi connectivity index (χ1n) is 4.77. The van der Waals surface area contributed by atoms with Gasteiger partial charge in [-0.2, -0.15) is 4.31 Å². The summed E-state index contributed by atoms with van der Waals surface area (Å²) in [5.74, 6) is 0.595. The quantitative estimate of drug-likeness (QED) is 0.712. The molecule has 1 aromatic rings. The molecule has 1 aliphatic heterocycles. The average molecular weight is 230 g/mol. The molecule has 0 saturated carbocycles. The molecular formula is C8H14N4O2S. The fourth-order valence-electron chi connectivity index (χ4n) is 1.64. The number of hydrogen-bond acceptors (Lipinski definition) is 4. The maximum atomic E-state index is 12.0. The molecule has 1 saturated heterocycles. The fourth-order valence-corrected chi connectivity index (χ4v) is 3.11. The molecule has 1 aliphatic rings. The van der Waals surface area contributed by atoms with Gasteiger partial charge in [-0.15, -0.1) is 0 Å². The Kier molecular flexibility index (Phi) is 2.53. The second kappa shape index (κ2) is 3.58. The van der Waals surface area contributed by atoms with Gasteiger partial charge in [-0.05, 0) is 13.3 Å². The molecule has 2 rings (SSSR count). The van der Waals surface area contributed by atoms with Crippen LogP contribution in [0.1, 0.15) is 12.2 Å². The Morgan fingerprint density at radius 1 is 1.67 bits per heavy atom. The first-order chi connectivity index (χ1) is 7.00. The van der Waals surface area contributed by atoms with Crippen LogP contribution in [0.5, 0.6) is 0 Å². The highest BCUT2D eigenvalue weighted by atomic mass is 32.2. The normalized spacial score (nSPS) is 23.5. The molecule has 1 aromatic heterocycles. The van der Waals surface area contributed by atoms with Gasteiger partial charge in [-0.1, -0.05) is 0 Å². The molecule has 6 nitrogen and oxygen atoms in total. The van der Waals surface area contributed by atoms with E-state index in [2.05, 4.69) is 9.97 Å². The van der Waals surface area contributed by atoms with Crippen molar-refractivity contribution in [1.29, 1.82) is 0 Å². The van der Waals surface area contributed by atoms with Crippen molar-refractivity contribution in [1.82, 2.24) is 14.3 Å². The molecule has 84 valence electrons. The summed E-state index contributed by atoms with van der Waals surface area (Å²) in [4.78, 5) is 6.61. The lowest BCUT2D eigenvalue weighted by Gasteiger charge is -2.13. The lowest BCUT2D eigenvalue weighted by molar-refractivity contribution is 0.470. The molecule has 2 heterocycles. The first-order valence-corrected chi connectivity index (χ1v) is 6.21. The minimum Gasteiger partial charge on any atom is -0.332 e. The van der Waals surface area contributed by atoms with Gasteiger partial charge in [0.2, 0.25) is 0 Å². The number of aromatic amines is 1. The number of rotatable bonds is 2. The Morgan fingerprint density at radius 3 is 2.87 bits per heavy atom. The zero-order valence-electron chi connectivity index (χ0n) is 8.47. The summed E-state index contributed by atoms with van der Waals surface area (Å²) in [7, 11) is -3.42. The Hall–Kier alpha value is -0.920. The molecule has 0 bridgehead atoms. The van der Waals surface area contributed by atoms with Crippen molar-refractivity contribution in [3.05, 3.63) is 12.0 Å². The molecule has 3 N–H and O–H groups in total. The van der Waals surface area contributed by atoms with E-state index in [1.165, 1.54) is 10.5 Å². The molecule has 1 atom stereocenters. The van der Waals surface area contributed by atoms with Crippen molar-refractivity contribution >= 4 is 10.0 Å². The summed E-state index contributed by atoms with van der Waals surface area (Å²) < 4.78 is 25.4. The van der Waals surface area contributed by atoms with Gasteiger partial charge in [0.1, 0.15) is 5.82 Å². The zero-order valence-corrected chi connectivity index (χ0v) is 9.29. The highest BCUT2D eigenvalue weighted by Gasteiger charge is 2.31. The Balaban J connectivity index is 2.27. The van der Waals surface area contributed by atoms with Gasteiger partial charge in [0, 0.05) is 19.1 Å². The van der Waals surface area contributed by atoms with E-state index in [1.807, 2.05) is 0 Å². The van der Waals surface area contributed by atoms with E-state index in [4.69, 9.17) is 5.73 Å². The highest BCUT2D eigenvalue weighted by Crippen LogP contribution is 2.18. The topological polar surface area (TPSA) is 92.1 Å². The predicted octanol–water partition coefficient (Wildman–Crippen LogP) is -0.560. The number of sulfonamides is 1. The van der Waals surface area contributed by atoms with Crippen LogP contribution in [-0.4, -0.2) is 41.8 Å². The van der Waals surface area contributed by atoms with E-state index in [0.29, 0.717) is 25.3 Å². The second-order valence-corrected chi connectivity index (χ2v) is 5.65. The van der Waals surface area contributed by atoms with Crippen molar-refractivity contribution in [2.75, 3.05) is 13.1 Å². The van der Waals surface area contributed by atoms with Crippen molar-refractivity contribution in [2.45, 2.75) is 24.4 Å². The number of imidazole rings is 1. The van der Waals surface area contributed by atoms with E-state index in [1.54, 1.807) is 6.92 Å². The Morgan fingerprint density at radius 2 is 2.40 bits per heavy atom. The van der Waals surface area contributed by atoms with E-state index < -0.39 is 10.0 Å². The summed E-state index contributed by atoms with van der Waals surface area (Å²) in [5.41, 5.74) is 5.67. The standard InChI is InChI=1S/C8H14N4O2S/c1-6-10-4-8(11-6)15(13,14)12-3-2-7(9)5-12/h4,7H,2-3,5,9H2,1H3,(H,10,11)/t7-/m1/s1. The van der Waals surface area contributed by atoms with Crippen LogP contribution in [0.15, 0.2) is 11.2 Å². The average Bonchev–Trinajstić information content (AvgIpc) is 2.74. The number of nitrogens with zero attached hydrogens (tertiary/aromatic N) is 2. The molecule has 0 spiro atoms. The number of nitrogens with one attached hydrogen (secondary N) is 1. The van der Waals surface area contributed by atoms with Gasteiger partial charge in [-0.25, -0.2) is 13.4 Å². The number of aryl methyl sites for hydroxylation is 1. The van der Waals surface area contributed by atoms with Crippen molar-refractivity contribution in [2.24, 2.45) is 5.73 Å². The minimum atomic E-state index is -3.42. The molecule has 0 unspecified atom stereocenters. The van der Waals surface area contributed by atoms with E-state index >= 15 is 0 Å². The summed E-state index contributed by atoms with van der Waals surface area (Å²) in [6, 6.07) is -0.0520. The van der Waals surface area contributed by atoms with Crippen molar-refractivity contribution in [3.63, 3.8) is 0 Å². The summed E-state index contributed by atoms with van der Waals surface area (Å²) >= 11 is 0. The van der Waals surface area contributed by atoms with Crippen LogP contribution in [0.4, 0.5) is 0 Å². The van der Waals surface area contributed by atoms with Crippen LogP contribution in [0.2, 0.25) is 0 Å². The van der Waals surface area contributed by atoms with E-state index in [0.717, 1.165) is 0 Å². The predicted molar refractivity (Wildman–Crippen MR) is 54.7 cm³/mol. The van der Waals surface area contributed by atoms with Gasteiger partial charge < -0.3 is 10.7 Å². The zero-order chi connectivity index (χ0) is 11.1. The van der Waals surface area contributed by atoms with Crippen LogP contribution in [0.3, 0.4) is 0 Å². The number of H-pyrrole nitrogens is 1. The van der Waals surface area contributed by atoms with Gasteiger partial charge in [0.15, 0.2) is 5.03 Å². The van der Waals surface area contributed by atoms with E-state index in [-0.39, 0.29) is 11.1 Å². The summed E-state index contributed by atoms with van der Waals surface area (Å²) in [6.45, 7) is 2.59. The van der Waals surface area contributed by atoms with Crippen molar-refractivity contribution < 1.29 is 8.42 Å². The number of hydrogen-bond donors (Lipinski definition) is 2. The molecule has 1 fully saturated rings. The maximum absolute atomic E-state index is 12.0. The molecule has 0 aromatic carbocycles. The number of nitrogens with two attached hydrogens (primary N) is 1. The van der Waals surface area contributed by atoms with Gasteiger partial charge in [0.25, 0.3) is 10.0 Å². The Bertz CT molecular complexity index is 453. The third-order valence-corrected chi connectivity index (χ3v) is 4.26. The first kappa shape index (κ1) is 10.6. The molecule has 0 aliphatic carbocycles. The van der Waals surface area contributed by atoms with Gasteiger partial charge >= 0.3 is 0 Å². The van der Waals surface area contributed by atoms with Crippen LogP contribution in [-0.2, 0) is 10.0 Å². The molecule has 0 radical (unpaired) electrons. The highest BCUT2D eigenvalue weighted by molar-refractivity contribution is 7.89. The van der Waals surface area contributed by atoms with Crippen LogP contribution < -0.4 is 5.73 Å². The molecule has 15 heavy (non-hydrogen) atoms. The SMILES string of the molecule is Cc1ncc(S(=O)(=O)N2CC[C@@H](N)C2)[nH]1. The van der Waals surface area contributed by atoms with Gasteiger partial charge in [-0.3, -0.25) is 0 Å². The van der Waals surface area contributed by atoms with Crippen LogP contribution in [0.25, 0.3) is 0 Å². The number of aromatic nitrogens is 2. The maximum Gasteiger partial charge on any atom is 0.260 e.